The van der Waals surface area contributed by atoms with Crippen LogP contribution in [-0.2, 0) is 39.8 Å². The highest BCUT2D eigenvalue weighted by atomic mass is 19.1. The fraction of sp³-hybridized carbons (Fsp3) is 0.719. The zero-order valence-electron chi connectivity index (χ0n) is 26.5. The molecule has 3 rings (SSSR count). The summed E-state index contributed by atoms with van der Waals surface area (Å²) in [5.41, 5.74) is 0.159. The van der Waals surface area contributed by atoms with Crippen molar-refractivity contribution < 1.29 is 42.5 Å². The van der Waals surface area contributed by atoms with Crippen LogP contribution in [0.5, 0.6) is 5.75 Å². The molecule has 0 unspecified atom stereocenters. The molecule has 0 aliphatic carbocycles. The van der Waals surface area contributed by atoms with Gasteiger partial charge in [0.2, 0.25) is 11.8 Å². The summed E-state index contributed by atoms with van der Waals surface area (Å²) in [5.74, 6) is -1.61. The quantitative estimate of drug-likeness (QED) is 0.228. The van der Waals surface area contributed by atoms with Crippen LogP contribution in [-0.4, -0.2) is 88.9 Å². The van der Waals surface area contributed by atoms with E-state index in [0.717, 1.165) is 5.56 Å². The van der Waals surface area contributed by atoms with E-state index in [1.165, 1.54) is 0 Å². The average molecular weight is 611 g/mol. The molecule has 244 valence electrons. The number of amides is 2. The molecule has 0 spiro atoms. The molecule has 1 aromatic carbocycles. The van der Waals surface area contributed by atoms with E-state index in [1.807, 2.05) is 38.1 Å². The van der Waals surface area contributed by atoms with E-state index in [2.05, 4.69) is 10.6 Å². The van der Waals surface area contributed by atoms with Crippen LogP contribution in [0, 0.1) is 17.8 Å². The van der Waals surface area contributed by atoms with Crippen LogP contribution in [0.4, 0.5) is 4.39 Å². The summed E-state index contributed by atoms with van der Waals surface area (Å²) < 4.78 is 39.5. The Hall–Kier alpha value is -2.76. The third-order valence-electron chi connectivity index (χ3n) is 6.69. The maximum Gasteiger partial charge on any atom is 0.310 e. The third kappa shape index (κ3) is 15.0. The summed E-state index contributed by atoms with van der Waals surface area (Å²) in [5, 5.41) is 5.82. The first-order chi connectivity index (χ1) is 20.5. The van der Waals surface area contributed by atoms with Crippen LogP contribution in [0.25, 0.3) is 0 Å². The lowest BCUT2D eigenvalue weighted by Crippen LogP contribution is -2.52. The van der Waals surface area contributed by atoms with E-state index in [0.29, 0.717) is 58.0 Å². The normalized spacial score (nSPS) is 19.8. The second-order valence-electron chi connectivity index (χ2n) is 12.1. The first-order valence-electron chi connectivity index (χ1n) is 15.3. The van der Waals surface area contributed by atoms with Gasteiger partial charge in [-0.1, -0.05) is 26.0 Å². The average Bonchev–Trinajstić information content (AvgIpc) is 2.93. The maximum atomic E-state index is 13.8. The minimum Gasteiger partial charge on any atom is -0.494 e. The minimum atomic E-state index is -0.858. The van der Waals surface area contributed by atoms with Crippen molar-refractivity contribution in [1.82, 2.24) is 10.6 Å². The van der Waals surface area contributed by atoms with Crippen molar-refractivity contribution in [3.63, 3.8) is 0 Å². The van der Waals surface area contributed by atoms with Crippen LogP contribution in [0.3, 0.4) is 0 Å². The number of fused-ring (bicyclic) bond motifs is 11. The third-order valence-corrected chi connectivity index (χ3v) is 6.69. The summed E-state index contributed by atoms with van der Waals surface area (Å²) >= 11 is 0. The van der Waals surface area contributed by atoms with Gasteiger partial charge < -0.3 is 34.3 Å². The second-order valence-corrected chi connectivity index (χ2v) is 12.1. The molecule has 2 N–H and O–H groups in total. The van der Waals surface area contributed by atoms with Gasteiger partial charge in [-0.05, 0) is 63.6 Å². The molecular formula is C32H51FN2O8. The van der Waals surface area contributed by atoms with E-state index < -0.39 is 36.1 Å². The Balaban J connectivity index is 2.09. The molecule has 1 aromatic rings. The van der Waals surface area contributed by atoms with Crippen molar-refractivity contribution >= 4 is 17.8 Å². The highest BCUT2D eigenvalue weighted by Crippen LogP contribution is 2.29. The van der Waals surface area contributed by atoms with Crippen molar-refractivity contribution in [3.8, 4) is 5.75 Å². The summed E-state index contributed by atoms with van der Waals surface area (Å²) in [6.07, 6.45) is 1.72. The molecule has 0 radical (unpaired) electrons. The minimum absolute atomic E-state index is 0.0590. The summed E-state index contributed by atoms with van der Waals surface area (Å²) in [6.45, 7) is 11.2. The van der Waals surface area contributed by atoms with Gasteiger partial charge >= 0.3 is 5.97 Å². The molecule has 0 saturated carbocycles. The Morgan fingerprint density at radius 1 is 1.02 bits per heavy atom. The lowest BCUT2D eigenvalue weighted by atomic mass is 9.81. The molecule has 2 aliphatic rings. The number of benzene rings is 1. The Bertz CT molecular complexity index is 967. The molecule has 2 heterocycles. The fourth-order valence-corrected chi connectivity index (χ4v) is 4.73. The van der Waals surface area contributed by atoms with Gasteiger partial charge in [0.05, 0.1) is 58.1 Å². The monoisotopic (exact) mass is 610 g/mol. The molecule has 2 aliphatic heterocycles. The first-order valence-corrected chi connectivity index (χ1v) is 15.3. The topological polar surface area (TPSA) is 121 Å². The van der Waals surface area contributed by atoms with Gasteiger partial charge in [-0.25, -0.2) is 4.39 Å². The molecule has 2 bridgehead atoms. The van der Waals surface area contributed by atoms with Crippen molar-refractivity contribution in [2.45, 2.75) is 71.9 Å². The van der Waals surface area contributed by atoms with Gasteiger partial charge in [-0.3, -0.25) is 14.4 Å². The van der Waals surface area contributed by atoms with Gasteiger partial charge in [0.1, 0.15) is 24.1 Å². The molecule has 10 nitrogen and oxygen atoms in total. The molecule has 3 atom stereocenters. The number of halogens is 1. The van der Waals surface area contributed by atoms with Gasteiger partial charge in [0.15, 0.2) is 0 Å². The molecule has 0 saturated heterocycles. The Labute approximate surface area is 255 Å². The van der Waals surface area contributed by atoms with Crippen molar-refractivity contribution in [2.24, 2.45) is 17.8 Å². The SMILES string of the molecule is CC(C)C[C@H]1C(=O)N[C@H](C(=O)NCCOCCOCCOCCF)Cc2ccc(cc2)OCCC[C@@H]1C(=O)OC(C)(C)C. The van der Waals surface area contributed by atoms with Crippen LogP contribution in [0.2, 0.25) is 0 Å². The zero-order valence-corrected chi connectivity index (χ0v) is 26.5. The number of nitrogens with one attached hydrogen (secondary N) is 2. The molecule has 11 heteroatoms. The smallest absolute Gasteiger partial charge is 0.310 e. The number of hydrogen-bond acceptors (Lipinski definition) is 8. The number of carbonyl (C=O) groups excluding carboxylic acids is 3. The largest absolute Gasteiger partial charge is 0.494 e. The number of esters is 1. The van der Waals surface area contributed by atoms with Crippen molar-refractivity contribution in [2.75, 3.05) is 59.5 Å². The Morgan fingerprint density at radius 3 is 2.26 bits per heavy atom. The highest BCUT2D eigenvalue weighted by molar-refractivity contribution is 5.91. The maximum absolute atomic E-state index is 13.8. The molecule has 43 heavy (non-hydrogen) atoms. The van der Waals surface area contributed by atoms with Crippen LogP contribution < -0.4 is 15.4 Å². The van der Waals surface area contributed by atoms with Crippen LogP contribution in [0.15, 0.2) is 24.3 Å². The molecule has 2 amide bonds. The van der Waals surface area contributed by atoms with E-state index in [4.69, 9.17) is 23.7 Å². The summed E-state index contributed by atoms with van der Waals surface area (Å²) in [6, 6.07) is 6.59. The highest BCUT2D eigenvalue weighted by Gasteiger charge is 2.38. The number of ether oxygens (including phenoxy) is 5. The first kappa shape index (κ1) is 36.4. The van der Waals surface area contributed by atoms with Gasteiger partial charge in [0, 0.05) is 13.0 Å². The van der Waals surface area contributed by atoms with Gasteiger partial charge in [-0.2, -0.15) is 0 Å². The standard InChI is InChI=1S/C32H51FN2O8/c1-23(2)21-27-26(31(38)43-32(3,4)5)7-6-14-42-25-10-8-24(9-11-25)22-28(35-29(27)36)30(37)34-13-16-40-18-20-41-19-17-39-15-12-33/h8-11,23,26-28H,6-7,12-22H2,1-5H3,(H,34,37)(H,35,36)/t26-,27+,28-/m0/s1. The number of rotatable bonds is 15. The van der Waals surface area contributed by atoms with E-state index in [1.54, 1.807) is 20.8 Å². The van der Waals surface area contributed by atoms with E-state index >= 15 is 0 Å². The Morgan fingerprint density at radius 2 is 1.65 bits per heavy atom. The fourth-order valence-electron chi connectivity index (χ4n) is 4.73. The number of alkyl halides is 1. The lowest BCUT2D eigenvalue weighted by molar-refractivity contribution is -0.164. The van der Waals surface area contributed by atoms with Gasteiger partial charge in [-0.15, -0.1) is 0 Å². The van der Waals surface area contributed by atoms with E-state index in [-0.39, 0.29) is 43.9 Å². The number of hydrogen-bond donors (Lipinski definition) is 2. The molecule has 0 aromatic heterocycles. The van der Waals surface area contributed by atoms with Crippen LogP contribution in [0.1, 0.15) is 59.4 Å². The Kier molecular flexibility index (Phi) is 16.5. The predicted octanol–water partition coefficient (Wildman–Crippen LogP) is 3.64. The predicted molar refractivity (Wildman–Crippen MR) is 161 cm³/mol. The number of carbonyl (C=O) groups is 3. The second kappa shape index (κ2) is 19.5. The molecule has 0 fully saturated rings. The zero-order chi connectivity index (χ0) is 31.7. The van der Waals surface area contributed by atoms with Crippen molar-refractivity contribution in [1.29, 1.82) is 0 Å². The summed E-state index contributed by atoms with van der Waals surface area (Å²) in [4.78, 5) is 40.5. The summed E-state index contributed by atoms with van der Waals surface area (Å²) in [7, 11) is 0. The van der Waals surface area contributed by atoms with Gasteiger partial charge in [0.25, 0.3) is 0 Å². The van der Waals surface area contributed by atoms with E-state index in [9.17, 15) is 18.8 Å². The van der Waals surface area contributed by atoms with Crippen molar-refractivity contribution in [3.05, 3.63) is 29.8 Å². The molecular weight excluding hydrogens is 559 g/mol. The lowest BCUT2D eigenvalue weighted by Gasteiger charge is -2.31. The van der Waals surface area contributed by atoms with Crippen LogP contribution >= 0.6 is 0 Å².